The molecule has 0 spiro atoms. The number of rotatable bonds is 5. The van der Waals surface area contributed by atoms with Crippen LogP contribution in [0.2, 0.25) is 0 Å². The fourth-order valence-electron chi connectivity index (χ4n) is 3.54. The third kappa shape index (κ3) is 3.24. The number of methoxy groups -OCH3 is 1. The standard InChI is InChI=1S/C18H22N4O3/c1-25-16-5-4-14(10-15(16)13-2-3-13)17(23)21-8-6-18(24,11-21)12-22-9-7-19-20-22/h4-5,7,9-10,13,24H,2-3,6,8,11-12H2,1H3. The van der Waals surface area contributed by atoms with Gasteiger partial charge in [-0.15, -0.1) is 5.10 Å². The van der Waals surface area contributed by atoms with E-state index in [1.165, 1.54) is 0 Å². The van der Waals surface area contributed by atoms with Crippen LogP contribution >= 0.6 is 0 Å². The molecule has 1 aliphatic carbocycles. The Balaban J connectivity index is 1.49. The van der Waals surface area contributed by atoms with Gasteiger partial charge < -0.3 is 14.7 Å². The van der Waals surface area contributed by atoms with Crippen molar-refractivity contribution in [3.05, 3.63) is 41.7 Å². The molecule has 25 heavy (non-hydrogen) atoms. The highest BCUT2D eigenvalue weighted by atomic mass is 16.5. The Morgan fingerprint density at radius 3 is 2.96 bits per heavy atom. The molecule has 2 heterocycles. The predicted molar refractivity (Wildman–Crippen MR) is 90.5 cm³/mol. The van der Waals surface area contributed by atoms with Crippen LogP contribution in [0.5, 0.6) is 5.75 Å². The van der Waals surface area contributed by atoms with E-state index in [0.717, 1.165) is 24.2 Å². The maximum absolute atomic E-state index is 12.9. The Hall–Kier alpha value is -2.41. The summed E-state index contributed by atoms with van der Waals surface area (Å²) in [6.07, 6.45) is 6.13. The van der Waals surface area contributed by atoms with E-state index in [0.29, 0.717) is 37.5 Å². The molecule has 1 aromatic heterocycles. The highest BCUT2D eigenvalue weighted by Gasteiger charge is 2.39. The highest BCUT2D eigenvalue weighted by molar-refractivity contribution is 5.95. The van der Waals surface area contributed by atoms with E-state index in [1.54, 1.807) is 29.1 Å². The maximum Gasteiger partial charge on any atom is 0.253 e. The first-order valence-electron chi connectivity index (χ1n) is 8.62. The average molecular weight is 342 g/mol. The van der Waals surface area contributed by atoms with E-state index in [2.05, 4.69) is 10.3 Å². The summed E-state index contributed by atoms with van der Waals surface area (Å²) in [6.45, 7) is 1.18. The number of β-amino-alcohol motifs (C(OH)–C–C–N with tert-alkyl or cyclic N) is 1. The van der Waals surface area contributed by atoms with Gasteiger partial charge in [0.1, 0.15) is 11.4 Å². The molecule has 2 aromatic rings. The van der Waals surface area contributed by atoms with Crippen LogP contribution in [0.25, 0.3) is 0 Å². The van der Waals surface area contributed by atoms with Crippen LogP contribution in [-0.2, 0) is 6.54 Å². The lowest BCUT2D eigenvalue weighted by Gasteiger charge is -2.23. The number of hydrogen-bond acceptors (Lipinski definition) is 5. The van der Waals surface area contributed by atoms with E-state index in [4.69, 9.17) is 4.74 Å². The lowest BCUT2D eigenvalue weighted by Crippen LogP contribution is -2.39. The molecule has 4 rings (SSSR count). The summed E-state index contributed by atoms with van der Waals surface area (Å²) in [4.78, 5) is 14.6. The molecule has 7 heteroatoms. The van der Waals surface area contributed by atoms with Gasteiger partial charge in [0.2, 0.25) is 0 Å². The molecule has 1 atom stereocenters. The summed E-state index contributed by atoms with van der Waals surface area (Å²) in [6, 6.07) is 5.63. The molecule has 1 unspecified atom stereocenters. The van der Waals surface area contributed by atoms with Gasteiger partial charge in [0.15, 0.2) is 0 Å². The second kappa shape index (κ2) is 6.15. The number of aliphatic hydroxyl groups is 1. The molecule has 1 amide bonds. The zero-order valence-corrected chi connectivity index (χ0v) is 14.3. The number of carbonyl (C=O) groups is 1. The molecule has 0 radical (unpaired) electrons. The van der Waals surface area contributed by atoms with Gasteiger partial charge in [-0.3, -0.25) is 4.79 Å². The molecular weight excluding hydrogens is 320 g/mol. The van der Waals surface area contributed by atoms with Crippen molar-refractivity contribution in [2.24, 2.45) is 0 Å². The Morgan fingerprint density at radius 1 is 1.44 bits per heavy atom. The minimum absolute atomic E-state index is 0.0425. The Labute approximate surface area is 146 Å². The number of nitrogens with zero attached hydrogens (tertiary/aromatic N) is 4. The molecule has 2 aliphatic rings. The van der Waals surface area contributed by atoms with Gasteiger partial charge in [-0.05, 0) is 48.9 Å². The van der Waals surface area contributed by atoms with E-state index in [9.17, 15) is 9.90 Å². The van der Waals surface area contributed by atoms with Crippen LogP contribution in [0.15, 0.2) is 30.6 Å². The minimum atomic E-state index is -0.963. The third-order valence-electron chi connectivity index (χ3n) is 5.04. The summed E-state index contributed by atoms with van der Waals surface area (Å²) in [5.74, 6) is 1.31. The van der Waals surface area contributed by atoms with E-state index in [-0.39, 0.29) is 5.91 Å². The Morgan fingerprint density at radius 2 is 2.28 bits per heavy atom. The monoisotopic (exact) mass is 342 g/mol. The number of likely N-dealkylation sites (tertiary alicyclic amines) is 1. The zero-order chi connectivity index (χ0) is 17.4. The van der Waals surface area contributed by atoms with E-state index < -0.39 is 5.60 Å². The van der Waals surface area contributed by atoms with E-state index >= 15 is 0 Å². The second-order valence-electron chi connectivity index (χ2n) is 7.03. The zero-order valence-electron chi connectivity index (χ0n) is 14.3. The van der Waals surface area contributed by atoms with Crippen molar-refractivity contribution in [3.8, 4) is 5.75 Å². The SMILES string of the molecule is COc1ccc(C(=O)N2CCC(O)(Cn3ccnn3)C2)cc1C1CC1. The van der Waals surface area contributed by atoms with Crippen molar-refractivity contribution in [3.63, 3.8) is 0 Å². The first-order chi connectivity index (χ1) is 12.1. The fourth-order valence-corrected chi connectivity index (χ4v) is 3.54. The van der Waals surface area contributed by atoms with Crippen molar-refractivity contribution >= 4 is 5.91 Å². The van der Waals surface area contributed by atoms with Crippen molar-refractivity contribution in [2.75, 3.05) is 20.2 Å². The van der Waals surface area contributed by atoms with Gasteiger partial charge in [-0.25, -0.2) is 4.68 Å². The second-order valence-corrected chi connectivity index (χ2v) is 7.03. The largest absolute Gasteiger partial charge is 0.496 e. The number of amides is 1. The number of hydrogen-bond donors (Lipinski definition) is 1. The maximum atomic E-state index is 12.9. The van der Waals surface area contributed by atoms with Gasteiger partial charge in [-0.2, -0.15) is 0 Å². The predicted octanol–water partition coefficient (Wildman–Crippen LogP) is 1.44. The lowest BCUT2D eigenvalue weighted by molar-refractivity contribution is 0.0267. The number of ether oxygens (including phenoxy) is 1. The summed E-state index contributed by atoms with van der Waals surface area (Å²) in [5.41, 5.74) is 0.813. The summed E-state index contributed by atoms with van der Waals surface area (Å²) in [5, 5.41) is 18.4. The molecule has 1 N–H and O–H groups in total. The summed E-state index contributed by atoms with van der Waals surface area (Å²) < 4.78 is 7.02. The quantitative estimate of drug-likeness (QED) is 0.889. The minimum Gasteiger partial charge on any atom is -0.496 e. The molecule has 132 valence electrons. The number of benzene rings is 1. The van der Waals surface area contributed by atoms with Gasteiger partial charge in [0.25, 0.3) is 5.91 Å². The van der Waals surface area contributed by atoms with Crippen LogP contribution in [0.1, 0.15) is 41.1 Å². The molecule has 7 nitrogen and oxygen atoms in total. The van der Waals surface area contributed by atoms with Gasteiger partial charge in [0, 0.05) is 18.3 Å². The lowest BCUT2D eigenvalue weighted by atomic mass is 10.0. The van der Waals surface area contributed by atoms with Gasteiger partial charge in [0.05, 0.1) is 26.4 Å². The molecule has 0 bridgehead atoms. The number of carbonyl (C=O) groups excluding carboxylic acids is 1. The summed E-state index contributed by atoms with van der Waals surface area (Å²) >= 11 is 0. The third-order valence-corrected chi connectivity index (χ3v) is 5.04. The normalized spacial score (nSPS) is 23.0. The van der Waals surface area contributed by atoms with E-state index in [1.807, 2.05) is 18.2 Å². The molecule has 2 fully saturated rings. The molecule has 1 aromatic carbocycles. The van der Waals surface area contributed by atoms with Crippen molar-refractivity contribution in [1.29, 1.82) is 0 Å². The Kier molecular flexibility index (Phi) is 3.95. The van der Waals surface area contributed by atoms with Crippen LogP contribution in [0.3, 0.4) is 0 Å². The average Bonchev–Trinajstić information content (AvgIpc) is 3.22. The molecule has 1 saturated carbocycles. The molecular formula is C18H22N4O3. The highest BCUT2D eigenvalue weighted by Crippen LogP contribution is 2.44. The van der Waals surface area contributed by atoms with Crippen LogP contribution < -0.4 is 4.74 Å². The van der Waals surface area contributed by atoms with Crippen LogP contribution in [0, 0.1) is 0 Å². The van der Waals surface area contributed by atoms with Crippen molar-refractivity contribution in [1.82, 2.24) is 19.9 Å². The topological polar surface area (TPSA) is 80.5 Å². The van der Waals surface area contributed by atoms with Crippen LogP contribution in [0.4, 0.5) is 0 Å². The first kappa shape index (κ1) is 16.1. The van der Waals surface area contributed by atoms with Gasteiger partial charge >= 0.3 is 0 Å². The molecule has 1 aliphatic heterocycles. The first-order valence-corrected chi connectivity index (χ1v) is 8.62. The smallest absolute Gasteiger partial charge is 0.253 e. The Bertz CT molecular complexity index is 773. The fraction of sp³-hybridized carbons (Fsp3) is 0.500. The van der Waals surface area contributed by atoms with Crippen LogP contribution in [-0.4, -0.2) is 56.7 Å². The van der Waals surface area contributed by atoms with Crippen molar-refractivity contribution < 1.29 is 14.6 Å². The molecule has 1 saturated heterocycles. The van der Waals surface area contributed by atoms with Gasteiger partial charge in [-0.1, -0.05) is 5.21 Å². The number of aromatic nitrogens is 3. The summed E-state index contributed by atoms with van der Waals surface area (Å²) in [7, 11) is 1.66. The van der Waals surface area contributed by atoms with Crippen molar-refractivity contribution in [2.45, 2.75) is 37.3 Å².